The maximum absolute atomic E-state index is 9.17. The molecule has 102 valence electrons. The maximum atomic E-state index is 9.17. The van der Waals surface area contributed by atoms with Crippen molar-refractivity contribution in [1.82, 2.24) is 0 Å². The zero-order chi connectivity index (χ0) is 14.7. The summed E-state index contributed by atoms with van der Waals surface area (Å²) in [4.78, 5) is 0. The van der Waals surface area contributed by atoms with Crippen molar-refractivity contribution in [3.05, 3.63) is 58.1 Å². The zero-order valence-electron chi connectivity index (χ0n) is 11.8. The second-order valence-corrected chi connectivity index (χ2v) is 5.49. The van der Waals surface area contributed by atoms with E-state index in [1.54, 1.807) is 18.2 Å². The van der Waals surface area contributed by atoms with Gasteiger partial charge in [0.1, 0.15) is 17.6 Å². The second-order valence-electron chi connectivity index (χ2n) is 5.05. The SMILES string of the molecule is Cc1ccc(C(C)C)c(Oc2ccc(Cl)cc2C#N)c1. The Hall–Kier alpha value is -1.98. The fourth-order valence-corrected chi connectivity index (χ4v) is 2.18. The van der Waals surface area contributed by atoms with E-state index in [-0.39, 0.29) is 0 Å². The lowest BCUT2D eigenvalue weighted by Gasteiger charge is -2.15. The summed E-state index contributed by atoms with van der Waals surface area (Å²) >= 11 is 5.90. The van der Waals surface area contributed by atoms with E-state index in [1.165, 1.54) is 0 Å². The molecule has 2 rings (SSSR count). The van der Waals surface area contributed by atoms with Gasteiger partial charge in [-0.1, -0.05) is 37.6 Å². The molecule has 0 heterocycles. The average molecular weight is 286 g/mol. The van der Waals surface area contributed by atoms with E-state index in [2.05, 4.69) is 32.0 Å². The van der Waals surface area contributed by atoms with Crippen molar-refractivity contribution in [3.8, 4) is 17.6 Å². The van der Waals surface area contributed by atoms with E-state index >= 15 is 0 Å². The summed E-state index contributed by atoms with van der Waals surface area (Å²) in [5.41, 5.74) is 2.68. The summed E-state index contributed by atoms with van der Waals surface area (Å²) in [6, 6.07) is 13.3. The molecule has 0 aromatic heterocycles. The van der Waals surface area contributed by atoms with E-state index in [0.717, 1.165) is 16.9 Å². The van der Waals surface area contributed by atoms with Crippen molar-refractivity contribution in [1.29, 1.82) is 5.26 Å². The summed E-state index contributed by atoms with van der Waals surface area (Å²) in [5.74, 6) is 1.67. The molecule has 0 aliphatic heterocycles. The molecule has 0 unspecified atom stereocenters. The number of aryl methyl sites for hydroxylation is 1. The van der Waals surface area contributed by atoms with Crippen LogP contribution in [-0.4, -0.2) is 0 Å². The molecule has 0 amide bonds. The second kappa shape index (κ2) is 5.98. The van der Waals surface area contributed by atoms with Gasteiger partial charge in [0.25, 0.3) is 0 Å². The minimum atomic E-state index is 0.350. The molecule has 0 aliphatic carbocycles. The Morgan fingerprint density at radius 3 is 2.50 bits per heavy atom. The predicted octanol–water partition coefficient (Wildman–Crippen LogP) is 5.44. The third-order valence-corrected chi connectivity index (χ3v) is 3.31. The van der Waals surface area contributed by atoms with Gasteiger partial charge in [-0.15, -0.1) is 0 Å². The Kier molecular flexibility index (Phi) is 4.32. The van der Waals surface area contributed by atoms with Gasteiger partial charge in [0, 0.05) is 5.02 Å². The zero-order valence-corrected chi connectivity index (χ0v) is 12.5. The molecule has 0 atom stereocenters. The Morgan fingerprint density at radius 1 is 1.10 bits per heavy atom. The maximum Gasteiger partial charge on any atom is 0.145 e. The Bertz CT molecular complexity index is 671. The lowest BCUT2D eigenvalue weighted by atomic mass is 10.0. The number of rotatable bonds is 3. The van der Waals surface area contributed by atoms with Gasteiger partial charge in [-0.3, -0.25) is 0 Å². The van der Waals surface area contributed by atoms with Crippen molar-refractivity contribution < 1.29 is 4.74 Å². The number of benzene rings is 2. The Balaban J connectivity index is 2.45. The van der Waals surface area contributed by atoms with E-state index in [4.69, 9.17) is 21.6 Å². The standard InChI is InChI=1S/C17H16ClNO/c1-11(2)15-6-4-12(3)8-17(15)20-16-7-5-14(18)9-13(16)10-19/h4-9,11H,1-3H3. The van der Waals surface area contributed by atoms with Gasteiger partial charge < -0.3 is 4.74 Å². The van der Waals surface area contributed by atoms with Crippen molar-refractivity contribution >= 4 is 11.6 Å². The fraction of sp³-hybridized carbons (Fsp3) is 0.235. The highest BCUT2D eigenvalue weighted by Crippen LogP contribution is 2.33. The van der Waals surface area contributed by atoms with Crippen LogP contribution < -0.4 is 4.74 Å². The third kappa shape index (κ3) is 3.12. The molecule has 20 heavy (non-hydrogen) atoms. The lowest BCUT2D eigenvalue weighted by Crippen LogP contribution is -1.96. The summed E-state index contributed by atoms with van der Waals surface area (Å²) in [5, 5.41) is 9.70. The topological polar surface area (TPSA) is 33.0 Å². The van der Waals surface area contributed by atoms with E-state index in [0.29, 0.717) is 22.3 Å². The molecule has 3 heteroatoms. The van der Waals surface area contributed by atoms with Crippen LogP contribution in [0.5, 0.6) is 11.5 Å². The minimum absolute atomic E-state index is 0.350. The highest BCUT2D eigenvalue weighted by atomic mass is 35.5. The van der Waals surface area contributed by atoms with E-state index in [1.807, 2.05) is 13.0 Å². The molecule has 0 N–H and O–H groups in total. The molecule has 0 saturated carbocycles. The van der Waals surface area contributed by atoms with Crippen molar-refractivity contribution in [2.75, 3.05) is 0 Å². The molecule has 0 radical (unpaired) electrons. The fourth-order valence-electron chi connectivity index (χ4n) is 2.00. The smallest absolute Gasteiger partial charge is 0.145 e. The highest BCUT2D eigenvalue weighted by molar-refractivity contribution is 6.30. The summed E-state index contributed by atoms with van der Waals surface area (Å²) in [6.07, 6.45) is 0. The number of halogens is 1. The first kappa shape index (κ1) is 14.4. The summed E-state index contributed by atoms with van der Waals surface area (Å²) in [6.45, 7) is 6.25. The van der Waals surface area contributed by atoms with Crippen LogP contribution in [0.25, 0.3) is 0 Å². The van der Waals surface area contributed by atoms with Crippen molar-refractivity contribution in [2.45, 2.75) is 26.7 Å². The van der Waals surface area contributed by atoms with Crippen LogP contribution in [0.15, 0.2) is 36.4 Å². The molecular weight excluding hydrogens is 270 g/mol. The van der Waals surface area contributed by atoms with Crippen LogP contribution in [0.3, 0.4) is 0 Å². The van der Waals surface area contributed by atoms with Gasteiger partial charge in [0.15, 0.2) is 0 Å². The summed E-state index contributed by atoms with van der Waals surface area (Å²) in [7, 11) is 0. The lowest BCUT2D eigenvalue weighted by molar-refractivity contribution is 0.471. The van der Waals surface area contributed by atoms with E-state index < -0.39 is 0 Å². The molecular formula is C17H16ClNO. The van der Waals surface area contributed by atoms with Crippen LogP contribution in [0.1, 0.15) is 36.5 Å². The normalized spacial score (nSPS) is 10.4. The Labute approximate surface area is 124 Å². The molecule has 2 aromatic carbocycles. The number of hydrogen-bond donors (Lipinski definition) is 0. The molecule has 2 nitrogen and oxygen atoms in total. The third-order valence-electron chi connectivity index (χ3n) is 3.07. The average Bonchev–Trinajstić information content (AvgIpc) is 2.40. The summed E-state index contributed by atoms with van der Waals surface area (Å²) < 4.78 is 5.95. The van der Waals surface area contributed by atoms with Crippen LogP contribution in [0.4, 0.5) is 0 Å². The van der Waals surface area contributed by atoms with Crippen molar-refractivity contribution in [2.24, 2.45) is 0 Å². The number of hydrogen-bond acceptors (Lipinski definition) is 2. The van der Waals surface area contributed by atoms with E-state index in [9.17, 15) is 0 Å². The molecule has 0 saturated heterocycles. The molecule has 0 aliphatic rings. The van der Waals surface area contributed by atoms with Crippen LogP contribution >= 0.6 is 11.6 Å². The molecule has 2 aromatic rings. The van der Waals surface area contributed by atoms with Gasteiger partial charge in [0.2, 0.25) is 0 Å². The number of nitrogens with zero attached hydrogens (tertiary/aromatic N) is 1. The number of ether oxygens (including phenoxy) is 1. The van der Waals surface area contributed by atoms with Gasteiger partial charge in [-0.25, -0.2) is 0 Å². The largest absolute Gasteiger partial charge is 0.456 e. The first-order valence-electron chi connectivity index (χ1n) is 6.49. The minimum Gasteiger partial charge on any atom is -0.456 e. The molecule has 0 bridgehead atoms. The monoisotopic (exact) mass is 285 g/mol. The highest BCUT2D eigenvalue weighted by Gasteiger charge is 2.11. The molecule has 0 spiro atoms. The molecule has 0 fully saturated rings. The quantitative estimate of drug-likeness (QED) is 0.752. The van der Waals surface area contributed by atoms with Crippen LogP contribution in [0, 0.1) is 18.3 Å². The number of nitriles is 1. The van der Waals surface area contributed by atoms with Gasteiger partial charge in [0.05, 0.1) is 5.56 Å². The van der Waals surface area contributed by atoms with Gasteiger partial charge >= 0.3 is 0 Å². The first-order chi connectivity index (χ1) is 9.51. The predicted molar refractivity (Wildman–Crippen MR) is 81.5 cm³/mol. The van der Waals surface area contributed by atoms with Crippen LogP contribution in [-0.2, 0) is 0 Å². The van der Waals surface area contributed by atoms with Gasteiger partial charge in [-0.05, 0) is 48.2 Å². The first-order valence-corrected chi connectivity index (χ1v) is 6.87. The van der Waals surface area contributed by atoms with Gasteiger partial charge in [-0.2, -0.15) is 5.26 Å². The Morgan fingerprint density at radius 2 is 1.85 bits per heavy atom. The van der Waals surface area contributed by atoms with Crippen LogP contribution in [0.2, 0.25) is 5.02 Å². The van der Waals surface area contributed by atoms with Crippen molar-refractivity contribution in [3.63, 3.8) is 0 Å².